The highest BCUT2D eigenvalue weighted by Crippen LogP contribution is 2.29. The molecule has 0 amide bonds. The monoisotopic (exact) mass is 309 g/mol. The molecule has 0 saturated heterocycles. The third-order valence-electron chi connectivity index (χ3n) is 3.36. The molecule has 1 aromatic heterocycles. The maximum Gasteiger partial charge on any atom is 0.174 e. The lowest BCUT2D eigenvalue weighted by Crippen LogP contribution is -1.96. The molecule has 0 radical (unpaired) electrons. The van der Waals surface area contributed by atoms with Crippen LogP contribution in [0.2, 0.25) is 0 Å². The zero-order valence-corrected chi connectivity index (χ0v) is 12.6. The van der Waals surface area contributed by atoms with Gasteiger partial charge in [-0.3, -0.25) is 4.79 Å². The number of aldehydes is 1. The summed E-state index contributed by atoms with van der Waals surface area (Å²) in [5, 5.41) is 4.05. The van der Waals surface area contributed by atoms with E-state index in [2.05, 4.69) is 5.16 Å². The summed E-state index contributed by atoms with van der Waals surface area (Å²) < 4.78 is 16.2. The van der Waals surface area contributed by atoms with Crippen LogP contribution in [0.5, 0.6) is 11.5 Å². The van der Waals surface area contributed by atoms with Crippen LogP contribution >= 0.6 is 0 Å². The third-order valence-corrected chi connectivity index (χ3v) is 3.36. The van der Waals surface area contributed by atoms with E-state index in [0.717, 1.165) is 17.6 Å². The van der Waals surface area contributed by atoms with Gasteiger partial charge in [0.2, 0.25) is 0 Å². The van der Waals surface area contributed by atoms with Crippen LogP contribution in [0.4, 0.5) is 0 Å². The first kappa shape index (κ1) is 14.8. The lowest BCUT2D eigenvalue weighted by atomic mass is 10.1. The number of carbonyl (C=O) groups excluding carboxylic acids is 1. The van der Waals surface area contributed by atoms with Crippen LogP contribution in [0.1, 0.15) is 16.1 Å². The van der Waals surface area contributed by atoms with Gasteiger partial charge in [0.1, 0.15) is 23.8 Å². The van der Waals surface area contributed by atoms with Crippen molar-refractivity contribution in [3.05, 3.63) is 65.9 Å². The van der Waals surface area contributed by atoms with Gasteiger partial charge in [-0.15, -0.1) is 0 Å². The Morgan fingerprint density at radius 1 is 1.09 bits per heavy atom. The molecule has 0 aliphatic rings. The van der Waals surface area contributed by atoms with Crippen molar-refractivity contribution in [2.45, 2.75) is 6.61 Å². The molecule has 3 aromatic rings. The van der Waals surface area contributed by atoms with Gasteiger partial charge in [-0.25, -0.2) is 0 Å². The van der Waals surface area contributed by atoms with Gasteiger partial charge in [0.05, 0.1) is 12.7 Å². The average Bonchev–Trinajstić information content (AvgIpc) is 3.09. The Kier molecular flexibility index (Phi) is 4.38. The van der Waals surface area contributed by atoms with Crippen LogP contribution in [0.3, 0.4) is 0 Å². The molecule has 23 heavy (non-hydrogen) atoms. The molecule has 116 valence electrons. The summed E-state index contributed by atoms with van der Waals surface area (Å²) in [7, 11) is 1.61. The molecule has 5 heteroatoms. The molecule has 0 bridgehead atoms. The summed E-state index contributed by atoms with van der Waals surface area (Å²) in [6.45, 7) is 0.188. The van der Waals surface area contributed by atoms with Crippen LogP contribution in [-0.4, -0.2) is 18.6 Å². The minimum atomic E-state index is 0.188. The van der Waals surface area contributed by atoms with Crippen LogP contribution in [0.15, 0.2) is 59.1 Å². The number of carbonyl (C=O) groups is 1. The minimum absolute atomic E-state index is 0.188. The maximum absolute atomic E-state index is 11.0. The van der Waals surface area contributed by atoms with E-state index in [9.17, 15) is 4.79 Å². The number of hydrogen-bond acceptors (Lipinski definition) is 5. The van der Waals surface area contributed by atoms with E-state index in [1.54, 1.807) is 31.4 Å². The fourth-order valence-corrected chi connectivity index (χ4v) is 2.22. The van der Waals surface area contributed by atoms with Crippen molar-refractivity contribution in [3.8, 4) is 22.8 Å². The second kappa shape index (κ2) is 6.79. The van der Waals surface area contributed by atoms with E-state index in [4.69, 9.17) is 14.0 Å². The Morgan fingerprint density at radius 2 is 1.83 bits per heavy atom. The summed E-state index contributed by atoms with van der Waals surface area (Å²) in [4.78, 5) is 11.0. The fraction of sp³-hybridized carbons (Fsp3) is 0.111. The van der Waals surface area contributed by atoms with Crippen molar-refractivity contribution in [2.75, 3.05) is 7.11 Å². The molecule has 0 N–H and O–H groups in total. The lowest BCUT2D eigenvalue weighted by Gasteiger charge is -2.05. The molecular weight excluding hydrogens is 294 g/mol. The molecule has 1 heterocycles. The summed E-state index contributed by atoms with van der Waals surface area (Å²) in [5.74, 6) is 1.80. The standard InChI is InChI=1S/C18H15NO4/c1-21-18-9-5-3-7-15(18)16-10-14(23-19-16)12-22-17-8-4-2-6-13(17)11-20/h2-11H,12H2,1H3. The lowest BCUT2D eigenvalue weighted by molar-refractivity contribution is 0.111. The Balaban J connectivity index is 1.76. The van der Waals surface area contributed by atoms with Gasteiger partial charge < -0.3 is 14.0 Å². The Labute approximate surface area is 133 Å². The highest BCUT2D eigenvalue weighted by atomic mass is 16.5. The van der Waals surface area contributed by atoms with E-state index in [1.165, 1.54) is 0 Å². The quantitative estimate of drug-likeness (QED) is 0.649. The molecule has 0 spiro atoms. The number of aromatic nitrogens is 1. The molecule has 0 aliphatic carbocycles. The summed E-state index contributed by atoms with van der Waals surface area (Å²) in [5.41, 5.74) is 2.01. The van der Waals surface area contributed by atoms with Crippen molar-refractivity contribution < 1.29 is 18.8 Å². The number of nitrogens with zero attached hydrogens (tertiary/aromatic N) is 1. The molecule has 0 saturated carbocycles. The molecule has 0 unspecified atom stereocenters. The average molecular weight is 309 g/mol. The number of methoxy groups -OCH3 is 1. The Bertz CT molecular complexity index is 810. The summed E-state index contributed by atoms with van der Waals surface area (Å²) in [6, 6.07) is 16.4. The summed E-state index contributed by atoms with van der Waals surface area (Å²) in [6.07, 6.45) is 0.760. The van der Waals surface area contributed by atoms with Gasteiger partial charge in [0.25, 0.3) is 0 Å². The second-order valence-electron chi connectivity index (χ2n) is 4.82. The number of rotatable bonds is 6. The normalized spacial score (nSPS) is 10.3. The van der Waals surface area contributed by atoms with Gasteiger partial charge in [-0.2, -0.15) is 0 Å². The Morgan fingerprint density at radius 3 is 2.61 bits per heavy atom. The smallest absolute Gasteiger partial charge is 0.174 e. The number of benzene rings is 2. The van der Waals surface area contributed by atoms with Crippen LogP contribution < -0.4 is 9.47 Å². The molecule has 3 rings (SSSR count). The largest absolute Gasteiger partial charge is 0.496 e. The topological polar surface area (TPSA) is 61.6 Å². The fourth-order valence-electron chi connectivity index (χ4n) is 2.22. The molecule has 0 atom stereocenters. The first-order valence-corrected chi connectivity index (χ1v) is 7.08. The van der Waals surface area contributed by atoms with Crippen LogP contribution in [0.25, 0.3) is 11.3 Å². The molecule has 5 nitrogen and oxygen atoms in total. The molecular formula is C18H15NO4. The van der Waals surface area contributed by atoms with E-state index < -0.39 is 0 Å². The summed E-state index contributed by atoms with van der Waals surface area (Å²) >= 11 is 0. The van der Waals surface area contributed by atoms with Crippen LogP contribution in [0, 0.1) is 0 Å². The van der Waals surface area contributed by atoms with Gasteiger partial charge in [0, 0.05) is 11.6 Å². The van der Waals surface area contributed by atoms with Crippen molar-refractivity contribution in [2.24, 2.45) is 0 Å². The molecule has 2 aromatic carbocycles. The van der Waals surface area contributed by atoms with Gasteiger partial charge >= 0.3 is 0 Å². The van der Waals surface area contributed by atoms with E-state index >= 15 is 0 Å². The second-order valence-corrected chi connectivity index (χ2v) is 4.82. The third kappa shape index (κ3) is 3.23. The predicted octanol–water partition coefficient (Wildman–Crippen LogP) is 3.74. The SMILES string of the molecule is COc1ccccc1-c1cc(COc2ccccc2C=O)on1. The Hall–Kier alpha value is -3.08. The minimum Gasteiger partial charge on any atom is -0.496 e. The van der Waals surface area contributed by atoms with Gasteiger partial charge in [-0.1, -0.05) is 29.4 Å². The maximum atomic E-state index is 11.0. The van der Waals surface area contributed by atoms with Crippen molar-refractivity contribution >= 4 is 6.29 Å². The van der Waals surface area contributed by atoms with E-state index in [0.29, 0.717) is 22.8 Å². The van der Waals surface area contributed by atoms with E-state index in [1.807, 2.05) is 30.3 Å². The van der Waals surface area contributed by atoms with E-state index in [-0.39, 0.29) is 6.61 Å². The number of ether oxygens (including phenoxy) is 2. The van der Waals surface area contributed by atoms with Gasteiger partial charge in [0.15, 0.2) is 12.0 Å². The van der Waals surface area contributed by atoms with Crippen molar-refractivity contribution in [1.82, 2.24) is 5.16 Å². The zero-order valence-electron chi connectivity index (χ0n) is 12.6. The van der Waals surface area contributed by atoms with Crippen molar-refractivity contribution in [3.63, 3.8) is 0 Å². The van der Waals surface area contributed by atoms with Crippen LogP contribution in [-0.2, 0) is 6.61 Å². The predicted molar refractivity (Wildman–Crippen MR) is 84.7 cm³/mol. The molecule has 0 fully saturated rings. The highest BCUT2D eigenvalue weighted by molar-refractivity contribution is 5.79. The molecule has 0 aliphatic heterocycles. The highest BCUT2D eigenvalue weighted by Gasteiger charge is 2.12. The van der Waals surface area contributed by atoms with Crippen molar-refractivity contribution in [1.29, 1.82) is 0 Å². The number of para-hydroxylation sites is 2. The zero-order chi connectivity index (χ0) is 16.1. The first-order chi connectivity index (χ1) is 11.3. The first-order valence-electron chi connectivity index (χ1n) is 7.08. The van der Waals surface area contributed by atoms with Gasteiger partial charge in [-0.05, 0) is 24.3 Å². The number of hydrogen-bond donors (Lipinski definition) is 0.